The molecule has 0 radical (unpaired) electrons. The minimum atomic E-state index is 0.119. The van der Waals surface area contributed by atoms with Gasteiger partial charge in [-0.25, -0.2) is 0 Å². The van der Waals surface area contributed by atoms with E-state index in [-0.39, 0.29) is 12.7 Å². The average molecular weight is 320 g/mol. The van der Waals surface area contributed by atoms with Crippen molar-refractivity contribution in [3.63, 3.8) is 0 Å². The molecule has 0 fully saturated rings. The summed E-state index contributed by atoms with van der Waals surface area (Å²) in [4.78, 5) is 0. The van der Waals surface area contributed by atoms with Crippen LogP contribution in [0.15, 0.2) is 36.9 Å². The summed E-state index contributed by atoms with van der Waals surface area (Å²) in [5, 5.41) is 9.30. The Balaban J connectivity index is 2.72. The second kappa shape index (κ2) is 10.5. The molecule has 0 aromatic heterocycles. The highest BCUT2D eigenvalue weighted by Gasteiger charge is 2.26. The first-order valence-electron chi connectivity index (χ1n) is 8.53. The summed E-state index contributed by atoms with van der Waals surface area (Å²) in [5.41, 5.74) is 1.14. The van der Waals surface area contributed by atoms with E-state index < -0.39 is 0 Å². The Morgan fingerprint density at radius 1 is 1.22 bits per heavy atom. The lowest BCUT2D eigenvalue weighted by molar-refractivity contribution is -0.0286. The largest absolute Gasteiger partial charge is 0.497 e. The van der Waals surface area contributed by atoms with Crippen molar-refractivity contribution in [2.45, 2.75) is 46.3 Å². The third-order valence-electron chi connectivity index (χ3n) is 4.44. The summed E-state index contributed by atoms with van der Waals surface area (Å²) < 4.78 is 11.4. The second-order valence-electron chi connectivity index (χ2n) is 6.43. The molecule has 0 saturated heterocycles. The number of methoxy groups -OCH3 is 1. The number of aliphatic hydroxyl groups is 1. The monoisotopic (exact) mass is 320 g/mol. The van der Waals surface area contributed by atoms with E-state index in [4.69, 9.17) is 9.47 Å². The van der Waals surface area contributed by atoms with Crippen molar-refractivity contribution in [1.82, 2.24) is 0 Å². The van der Waals surface area contributed by atoms with Gasteiger partial charge in [-0.05, 0) is 42.4 Å². The predicted octanol–water partition coefficient (Wildman–Crippen LogP) is 4.45. The standard InChI is InChI=1S/C20H32O3/c1-6-18(7-2)20(16(4)12-15(3)13-21)23-14-17-8-10-19(22-5)11-9-17/h6,8-11,15-16,18,20-21H,1,7,12-14H2,2-5H3/t15-,16-,18+,20-/m1/s1. The molecular weight excluding hydrogens is 288 g/mol. The van der Waals surface area contributed by atoms with Gasteiger partial charge in [-0.1, -0.05) is 39.0 Å². The molecule has 1 aromatic carbocycles. The minimum absolute atomic E-state index is 0.119. The van der Waals surface area contributed by atoms with Gasteiger partial charge < -0.3 is 14.6 Å². The molecular formula is C20H32O3. The molecule has 4 atom stereocenters. The maximum Gasteiger partial charge on any atom is 0.118 e. The molecule has 1 N–H and O–H groups in total. The van der Waals surface area contributed by atoms with E-state index in [0.29, 0.717) is 24.4 Å². The van der Waals surface area contributed by atoms with Gasteiger partial charge in [-0.3, -0.25) is 0 Å². The zero-order chi connectivity index (χ0) is 17.2. The fourth-order valence-corrected chi connectivity index (χ4v) is 3.00. The van der Waals surface area contributed by atoms with Gasteiger partial charge in [0.15, 0.2) is 0 Å². The molecule has 0 aliphatic heterocycles. The van der Waals surface area contributed by atoms with Gasteiger partial charge in [0, 0.05) is 12.5 Å². The highest BCUT2D eigenvalue weighted by atomic mass is 16.5. The molecule has 0 aliphatic rings. The van der Waals surface area contributed by atoms with Crippen LogP contribution in [0.3, 0.4) is 0 Å². The van der Waals surface area contributed by atoms with Crippen molar-refractivity contribution in [3.8, 4) is 5.75 Å². The molecule has 0 saturated carbocycles. The predicted molar refractivity (Wildman–Crippen MR) is 95.6 cm³/mol. The average Bonchev–Trinajstić information content (AvgIpc) is 2.58. The van der Waals surface area contributed by atoms with Gasteiger partial charge in [-0.2, -0.15) is 0 Å². The summed E-state index contributed by atoms with van der Waals surface area (Å²) in [7, 11) is 1.67. The highest BCUT2D eigenvalue weighted by Crippen LogP contribution is 2.27. The molecule has 130 valence electrons. The molecule has 0 spiro atoms. The van der Waals surface area contributed by atoms with Crippen LogP contribution in [0, 0.1) is 17.8 Å². The quantitative estimate of drug-likeness (QED) is 0.612. The number of ether oxygens (including phenoxy) is 2. The van der Waals surface area contributed by atoms with E-state index in [0.717, 1.165) is 24.2 Å². The molecule has 0 heterocycles. The molecule has 0 bridgehead atoms. The van der Waals surface area contributed by atoms with E-state index in [1.54, 1.807) is 7.11 Å². The number of hydrogen-bond acceptors (Lipinski definition) is 3. The van der Waals surface area contributed by atoms with Crippen LogP contribution in [0.25, 0.3) is 0 Å². The van der Waals surface area contributed by atoms with Crippen molar-refractivity contribution >= 4 is 0 Å². The maximum absolute atomic E-state index is 9.30. The third-order valence-corrected chi connectivity index (χ3v) is 4.44. The van der Waals surface area contributed by atoms with Crippen LogP contribution in [0.4, 0.5) is 0 Å². The SMILES string of the molecule is C=C[C@@H](CC)[C@H](OCc1ccc(OC)cc1)[C@H](C)C[C@@H](C)CO. The first-order chi connectivity index (χ1) is 11.0. The molecule has 0 unspecified atom stereocenters. The lowest BCUT2D eigenvalue weighted by atomic mass is 9.85. The summed E-state index contributed by atoms with van der Waals surface area (Å²) >= 11 is 0. The van der Waals surface area contributed by atoms with E-state index in [9.17, 15) is 5.11 Å². The van der Waals surface area contributed by atoms with Gasteiger partial charge in [0.2, 0.25) is 0 Å². The summed E-state index contributed by atoms with van der Waals surface area (Å²) in [6.07, 6.45) is 4.08. The Bertz CT molecular complexity index is 441. The molecule has 1 aromatic rings. The van der Waals surface area contributed by atoms with Crippen LogP contribution in [0.2, 0.25) is 0 Å². The van der Waals surface area contributed by atoms with Crippen LogP contribution < -0.4 is 4.74 Å². The Hall–Kier alpha value is -1.32. The lowest BCUT2D eigenvalue weighted by Gasteiger charge is -2.31. The van der Waals surface area contributed by atoms with Gasteiger partial charge in [0.05, 0.1) is 19.8 Å². The number of rotatable bonds is 11. The molecule has 1 rings (SSSR count). The van der Waals surface area contributed by atoms with Crippen LogP contribution >= 0.6 is 0 Å². The van der Waals surface area contributed by atoms with Crippen molar-refractivity contribution in [2.75, 3.05) is 13.7 Å². The zero-order valence-electron chi connectivity index (χ0n) is 15.0. The number of aliphatic hydroxyl groups excluding tert-OH is 1. The molecule has 3 nitrogen and oxygen atoms in total. The van der Waals surface area contributed by atoms with E-state index in [1.807, 2.05) is 30.3 Å². The van der Waals surface area contributed by atoms with Crippen molar-refractivity contribution in [1.29, 1.82) is 0 Å². The smallest absolute Gasteiger partial charge is 0.118 e. The number of hydrogen-bond donors (Lipinski definition) is 1. The second-order valence-corrected chi connectivity index (χ2v) is 6.43. The van der Waals surface area contributed by atoms with E-state index in [2.05, 4.69) is 27.4 Å². The minimum Gasteiger partial charge on any atom is -0.497 e. The maximum atomic E-state index is 9.30. The van der Waals surface area contributed by atoms with Crippen molar-refractivity contribution in [3.05, 3.63) is 42.5 Å². The van der Waals surface area contributed by atoms with Crippen LogP contribution in [-0.2, 0) is 11.3 Å². The first-order valence-corrected chi connectivity index (χ1v) is 8.53. The van der Waals surface area contributed by atoms with Crippen LogP contribution in [0.5, 0.6) is 5.75 Å². The molecule has 0 amide bonds. The lowest BCUT2D eigenvalue weighted by Crippen LogP contribution is -2.31. The van der Waals surface area contributed by atoms with Gasteiger partial charge in [0.25, 0.3) is 0 Å². The topological polar surface area (TPSA) is 38.7 Å². The Morgan fingerprint density at radius 3 is 2.35 bits per heavy atom. The van der Waals surface area contributed by atoms with Gasteiger partial charge in [0.1, 0.15) is 5.75 Å². The first kappa shape index (κ1) is 19.7. The highest BCUT2D eigenvalue weighted by molar-refractivity contribution is 5.26. The Kier molecular flexibility index (Phi) is 8.97. The van der Waals surface area contributed by atoms with Crippen LogP contribution in [-0.4, -0.2) is 24.9 Å². The number of benzene rings is 1. The van der Waals surface area contributed by atoms with Gasteiger partial charge in [-0.15, -0.1) is 6.58 Å². The fraction of sp³-hybridized carbons (Fsp3) is 0.600. The fourth-order valence-electron chi connectivity index (χ4n) is 3.00. The summed E-state index contributed by atoms with van der Waals surface area (Å²) in [6.45, 7) is 11.2. The summed E-state index contributed by atoms with van der Waals surface area (Å²) in [6, 6.07) is 7.98. The third kappa shape index (κ3) is 6.36. The van der Waals surface area contributed by atoms with E-state index >= 15 is 0 Å². The van der Waals surface area contributed by atoms with Crippen molar-refractivity contribution in [2.24, 2.45) is 17.8 Å². The summed E-state index contributed by atoms with van der Waals surface area (Å²) in [5.74, 6) is 1.85. The van der Waals surface area contributed by atoms with Crippen LogP contribution in [0.1, 0.15) is 39.2 Å². The molecule has 23 heavy (non-hydrogen) atoms. The zero-order valence-corrected chi connectivity index (χ0v) is 15.0. The Labute approximate surface area is 141 Å². The van der Waals surface area contributed by atoms with E-state index in [1.165, 1.54) is 0 Å². The normalized spacial score (nSPS) is 16.4. The van der Waals surface area contributed by atoms with Crippen molar-refractivity contribution < 1.29 is 14.6 Å². The molecule has 3 heteroatoms. The molecule has 0 aliphatic carbocycles. The Morgan fingerprint density at radius 2 is 1.87 bits per heavy atom. The van der Waals surface area contributed by atoms with Gasteiger partial charge >= 0.3 is 0 Å².